The molecule has 0 fully saturated rings. The Balaban J connectivity index is 1.72. The van der Waals surface area contributed by atoms with Gasteiger partial charge in [-0.1, -0.05) is 84.6 Å². The molecular weight excluding hydrogens is 362 g/mol. The van der Waals surface area contributed by atoms with Crippen molar-refractivity contribution in [2.75, 3.05) is 5.43 Å². The average molecular weight is 386 g/mol. The minimum absolute atomic E-state index is 0.876. The molecule has 3 aromatic carbocycles. The Morgan fingerprint density at radius 2 is 1.57 bits per heavy atom. The Kier molecular flexibility index (Phi) is 5.49. The van der Waals surface area contributed by atoms with Crippen LogP contribution in [0.1, 0.15) is 16.8 Å². The number of nitrogens with zero attached hydrogens (tertiary/aromatic N) is 2. The molecule has 1 aromatic heterocycles. The number of hydrogen-bond donors (Lipinski definition) is 1. The molecule has 28 heavy (non-hydrogen) atoms. The van der Waals surface area contributed by atoms with Crippen molar-refractivity contribution in [1.82, 2.24) is 9.66 Å². The maximum atomic E-state index is 4.88. The van der Waals surface area contributed by atoms with E-state index in [9.17, 15) is 0 Å². The van der Waals surface area contributed by atoms with Crippen molar-refractivity contribution in [3.63, 3.8) is 0 Å². The molecule has 0 atom stereocenters. The molecule has 4 aromatic rings. The van der Waals surface area contributed by atoms with Gasteiger partial charge in [0.05, 0.1) is 17.1 Å². The first-order chi connectivity index (χ1) is 13.7. The van der Waals surface area contributed by atoms with Gasteiger partial charge in [0.1, 0.15) is 0 Å². The summed E-state index contributed by atoms with van der Waals surface area (Å²) in [4.78, 5) is 4.88. The van der Waals surface area contributed by atoms with Crippen molar-refractivity contribution in [1.29, 1.82) is 0 Å². The molecule has 0 unspecified atom stereocenters. The van der Waals surface area contributed by atoms with Crippen molar-refractivity contribution in [2.24, 2.45) is 0 Å². The van der Waals surface area contributed by atoms with E-state index in [4.69, 9.17) is 4.98 Å². The molecule has 0 aliphatic rings. The lowest BCUT2D eigenvalue weighted by Crippen LogP contribution is -2.12. The second-order valence-electron chi connectivity index (χ2n) is 6.79. The predicted octanol–water partition coefficient (Wildman–Crippen LogP) is 6.33. The molecule has 0 saturated carbocycles. The minimum Gasteiger partial charge on any atom is -0.292 e. The number of aromatic nitrogens is 2. The molecule has 4 rings (SSSR count). The van der Waals surface area contributed by atoms with Crippen LogP contribution in [0.25, 0.3) is 11.3 Å². The number of hydrogen-bond acceptors (Lipinski definition) is 3. The Morgan fingerprint density at radius 1 is 0.857 bits per heavy atom. The molecule has 0 radical (unpaired) electrons. The number of rotatable bonds is 6. The average Bonchev–Trinajstić information content (AvgIpc) is 3.03. The molecule has 140 valence electrons. The molecule has 4 heteroatoms. The molecule has 0 saturated heterocycles. The van der Waals surface area contributed by atoms with Crippen molar-refractivity contribution in [3.8, 4) is 11.3 Å². The number of nitrogens with one attached hydrogen (secondary N) is 1. The summed E-state index contributed by atoms with van der Waals surface area (Å²) >= 11 is 1.74. The van der Waals surface area contributed by atoms with E-state index in [1.807, 2.05) is 12.1 Å². The summed E-state index contributed by atoms with van der Waals surface area (Å²) < 4.78 is 2.12. The van der Waals surface area contributed by atoms with Crippen LogP contribution >= 0.6 is 11.8 Å². The van der Waals surface area contributed by atoms with Gasteiger partial charge >= 0.3 is 0 Å². The minimum atomic E-state index is 0.876. The largest absolute Gasteiger partial charge is 0.292 e. The van der Waals surface area contributed by atoms with Gasteiger partial charge < -0.3 is 0 Å². The Hall–Kier alpha value is -2.98. The van der Waals surface area contributed by atoms with Gasteiger partial charge in [-0.25, -0.2) is 9.66 Å². The van der Waals surface area contributed by atoms with Crippen LogP contribution in [0.3, 0.4) is 0 Å². The summed E-state index contributed by atoms with van der Waals surface area (Å²) in [6, 6.07) is 29.3. The van der Waals surface area contributed by atoms with Gasteiger partial charge in [-0.2, -0.15) is 0 Å². The first kappa shape index (κ1) is 18.4. The SMILES string of the molecule is Cc1cccc(Nn2c(SCc3ccccc3)nc(C)c2-c2ccccc2)c1. The zero-order chi connectivity index (χ0) is 19.3. The highest BCUT2D eigenvalue weighted by molar-refractivity contribution is 7.98. The maximum absolute atomic E-state index is 4.88. The summed E-state index contributed by atoms with van der Waals surface area (Å²) in [6.07, 6.45) is 0. The molecule has 0 amide bonds. The van der Waals surface area contributed by atoms with E-state index in [1.54, 1.807) is 11.8 Å². The topological polar surface area (TPSA) is 29.9 Å². The van der Waals surface area contributed by atoms with Crippen LogP contribution in [0.15, 0.2) is 90.1 Å². The lowest BCUT2D eigenvalue weighted by atomic mass is 10.1. The van der Waals surface area contributed by atoms with Gasteiger partial charge in [-0.05, 0) is 37.1 Å². The van der Waals surface area contributed by atoms with Crippen LogP contribution in [-0.2, 0) is 5.75 Å². The van der Waals surface area contributed by atoms with Gasteiger partial charge in [-0.3, -0.25) is 5.43 Å². The van der Waals surface area contributed by atoms with Crippen LogP contribution in [0.5, 0.6) is 0 Å². The van der Waals surface area contributed by atoms with Crippen molar-refractivity contribution >= 4 is 17.4 Å². The zero-order valence-electron chi connectivity index (χ0n) is 16.1. The molecule has 0 aliphatic carbocycles. The van der Waals surface area contributed by atoms with E-state index in [2.05, 4.69) is 96.7 Å². The fraction of sp³-hybridized carbons (Fsp3) is 0.125. The van der Waals surface area contributed by atoms with Gasteiger partial charge in [-0.15, -0.1) is 0 Å². The summed E-state index contributed by atoms with van der Waals surface area (Å²) in [5.41, 5.74) is 10.4. The Morgan fingerprint density at radius 3 is 2.29 bits per heavy atom. The third-order valence-electron chi connectivity index (χ3n) is 4.54. The molecule has 0 bridgehead atoms. The van der Waals surface area contributed by atoms with Crippen LogP contribution in [0.2, 0.25) is 0 Å². The fourth-order valence-electron chi connectivity index (χ4n) is 3.20. The Labute approximate surface area is 170 Å². The predicted molar refractivity (Wildman–Crippen MR) is 119 cm³/mol. The summed E-state index contributed by atoms with van der Waals surface area (Å²) in [5, 5.41) is 0.960. The normalized spacial score (nSPS) is 10.8. The van der Waals surface area contributed by atoms with E-state index in [1.165, 1.54) is 11.1 Å². The van der Waals surface area contributed by atoms with Crippen LogP contribution < -0.4 is 5.43 Å². The summed E-state index contributed by atoms with van der Waals surface area (Å²) in [7, 11) is 0. The van der Waals surface area contributed by atoms with Crippen LogP contribution in [0, 0.1) is 13.8 Å². The van der Waals surface area contributed by atoms with Gasteiger partial charge in [0, 0.05) is 11.3 Å². The number of aryl methyl sites for hydroxylation is 2. The van der Waals surface area contributed by atoms with E-state index < -0.39 is 0 Å². The van der Waals surface area contributed by atoms with Gasteiger partial charge in [0.15, 0.2) is 5.16 Å². The van der Waals surface area contributed by atoms with E-state index in [0.29, 0.717) is 0 Å². The molecule has 1 heterocycles. The number of imidazole rings is 1. The number of anilines is 1. The second kappa shape index (κ2) is 8.36. The van der Waals surface area contributed by atoms with Crippen molar-refractivity contribution < 1.29 is 0 Å². The number of benzene rings is 3. The van der Waals surface area contributed by atoms with Crippen molar-refractivity contribution in [3.05, 3.63) is 102 Å². The standard InChI is InChI=1S/C24H23N3S/c1-18-10-9-15-22(16-18)26-27-23(21-13-7-4-8-14-21)19(2)25-24(27)28-17-20-11-5-3-6-12-20/h3-16,26H,17H2,1-2H3. The van der Waals surface area contributed by atoms with Crippen molar-refractivity contribution in [2.45, 2.75) is 24.8 Å². The van der Waals surface area contributed by atoms with E-state index >= 15 is 0 Å². The quantitative estimate of drug-likeness (QED) is 0.393. The van der Waals surface area contributed by atoms with Gasteiger partial charge in [0.2, 0.25) is 0 Å². The highest BCUT2D eigenvalue weighted by Crippen LogP contribution is 2.31. The highest BCUT2D eigenvalue weighted by Gasteiger charge is 2.17. The lowest BCUT2D eigenvalue weighted by molar-refractivity contribution is 0.829. The third kappa shape index (κ3) is 4.12. The zero-order valence-corrected chi connectivity index (χ0v) is 16.9. The van der Waals surface area contributed by atoms with Crippen LogP contribution in [0.4, 0.5) is 5.69 Å². The Bertz CT molecular complexity index is 1060. The number of thioether (sulfide) groups is 1. The van der Waals surface area contributed by atoms with Crippen LogP contribution in [-0.4, -0.2) is 9.66 Å². The second-order valence-corrected chi connectivity index (χ2v) is 7.73. The molecule has 0 aliphatic heterocycles. The summed E-state index contributed by atoms with van der Waals surface area (Å²) in [5.74, 6) is 0.876. The smallest absolute Gasteiger partial charge is 0.188 e. The maximum Gasteiger partial charge on any atom is 0.188 e. The lowest BCUT2D eigenvalue weighted by Gasteiger charge is -2.15. The first-order valence-electron chi connectivity index (χ1n) is 9.36. The monoisotopic (exact) mass is 385 g/mol. The van der Waals surface area contributed by atoms with E-state index in [0.717, 1.165) is 33.5 Å². The molecule has 3 nitrogen and oxygen atoms in total. The van der Waals surface area contributed by atoms with E-state index in [-0.39, 0.29) is 0 Å². The third-order valence-corrected chi connectivity index (χ3v) is 5.55. The molecular formula is C24H23N3S. The van der Waals surface area contributed by atoms with Gasteiger partial charge in [0.25, 0.3) is 0 Å². The summed E-state index contributed by atoms with van der Waals surface area (Å²) in [6.45, 7) is 4.18. The highest BCUT2D eigenvalue weighted by atomic mass is 32.2. The first-order valence-corrected chi connectivity index (χ1v) is 10.3. The molecule has 1 N–H and O–H groups in total. The fourth-order valence-corrected chi connectivity index (χ4v) is 4.16. The molecule has 0 spiro atoms.